The van der Waals surface area contributed by atoms with Crippen molar-refractivity contribution in [2.45, 2.75) is 25.9 Å². The number of H-pyrrole nitrogens is 1. The number of piperazine rings is 1. The molecule has 21 heavy (non-hydrogen) atoms. The van der Waals surface area contributed by atoms with E-state index < -0.39 is 0 Å². The standard InChI is InChI=1S/C14H17N7/c1-9-7-21(8-10(2)17-9)14-18-13(19-20-14)12-4-3-11(5-15)6-16-12/h3-4,6,9-10,17H,7-8H2,1-2H3,(H,18,19,20). The Morgan fingerprint density at radius 3 is 2.67 bits per heavy atom. The van der Waals surface area contributed by atoms with Gasteiger partial charge in [0.1, 0.15) is 11.8 Å². The Bertz CT molecular complexity index is 645. The summed E-state index contributed by atoms with van der Waals surface area (Å²) in [5, 5.41) is 19.5. The maximum atomic E-state index is 8.78. The minimum Gasteiger partial charge on any atom is -0.336 e. The van der Waals surface area contributed by atoms with Crippen molar-refractivity contribution in [3.05, 3.63) is 23.9 Å². The van der Waals surface area contributed by atoms with Crippen molar-refractivity contribution in [2.24, 2.45) is 0 Å². The Balaban J connectivity index is 1.81. The minimum atomic E-state index is 0.406. The molecule has 3 rings (SSSR count). The Kier molecular flexibility index (Phi) is 3.54. The molecule has 0 saturated carbocycles. The third-order valence-corrected chi connectivity index (χ3v) is 3.45. The Morgan fingerprint density at radius 1 is 1.29 bits per heavy atom. The topological polar surface area (TPSA) is 93.5 Å². The van der Waals surface area contributed by atoms with Gasteiger partial charge in [-0.15, -0.1) is 5.10 Å². The number of nitrogens with one attached hydrogen (secondary N) is 2. The lowest BCUT2D eigenvalue weighted by molar-refractivity contribution is 0.403. The highest BCUT2D eigenvalue weighted by Crippen LogP contribution is 2.17. The molecule has 0 aliphatic carbocycles. The lowest BCUT2D eigenvalue weighted by Crippen LogP contribution is -2.54. The molecule has 2 aromatic rings. The average molecular weight is 283 g/mol. The van der Waals surface area contributed by atoms with Crippen LogP contribution in [0.25, 0.3) is 11.5 Å². The first-order valence-corrected chi connectivity index (χ1v) is 6.95. The smallest absolute Gasteiger partial charge is 0.245 e. The molecule has 0 spiro atoms. The van der Waals surface area contributed by atoms with E-state index in [1.165, 1.54) is 6.20 Å². The van der Waals surface area contributed by atoms with Crippen molar-refractivity contribution < 1.29 is 0 Å². The molecular weight excluding hydrogens is 266 g/mol. The van der Waals surface area contributed by atoms with Crippen molar-refractivity contribution >= 4 is 5.95 Å². The second-order valence-corrected chi connectivity index (χ2v) is 5.40. The summed E-state index contributed by atoms with van der Waals surface area (Å²) >= 11 is 0. The van der Waals surface area contributed by atoms with Gasteiger partial charge in [-0.2, -0.15) is 10.2 Å². The van der Waals surface area contributed by atoms with E-state index in [-0.39, 0.29) is 0 Å². The first-order chi connectivity index (χ1) is 10.2. The molecular formula is C14H17N7. The Labute approximate surface area is 123 Å². The fourth-order valence-corrected chi connectivity index (χ4v) is 2.60. The van der Waals surface area contributed by atoms with E-state index in [1.54, 1.807) is 12.1 Å². The number of aromatic amines is 1. The number of nitrogens with zero attached hydrogens (tertiary/aromatic N) is 5. The number of hydrogen-bond acceptors (Lipinski definition) is 6. The van der Waals surface area contributed by atoms with Gasteiger partial charge in [0.25, 0.3) is 0 Å². The summed E-state index contributed by atoms with van der Waals surface area (Å²) in [6.45, 7) is 6.06. The second-order valence-electron chi connectivity index (χ2n) is 5.40. The number of hydrogen-bond donors (Lipinski definition) is 2. The van der Waals surface area contributed by atoms with E-state index in [1.807, 2.05) is 6.07 Å². The molecule has 2 N–H and O–H groups in total. The zero-order valence-corrected chi connectivity index (χ0v) is 12.0. The van der Waals surface area contributed by atoms with Gasteiger partial charge in [-0.05, 0) is 26.0 Å². The van der Waals surface area contributed by atoms with Crippen LogP contribution in [0.2, 0.25) is 0 Å². The van der Waals surface area contributed by atoms with E-state index in [2.05, 4.69) is 44.2 Å². The van der Waals surface area contributed by atoms with Crippen LogP contribution in [0, 0.1) is 11.3 Å². The van der Waals surface area contributed by atoms with Crippen LogP contribution >= 0.6 is 0 Å². The number of pyridine rings is 1. The fourth-order valence-electron chi connectivity index (χ4n) is 2.60. The van der Waals surface area contributed by atoms with Gasteiger partial charge < -0.3 is 10.2 Å². The molecule has 0 aromatic carbocycles. The van der Waals surface area contributed by atoms with Crippen molar-refractivity contribution in [3.8, 4) is 17.6 Å². The molecule has 3 heterocycles. The fraction of sp³-hybridized carbons (Fsp3) is 0.429. The molecule has 2 atom stereocenters. The summed E-state index contributed by atoms with van der Waals surface area (Å²) in [5.74, 6) is 1.31. The van der Waals surface area contributed by atoms with Crippen LogP contribution in [-0.4, -0.2) is 45.3 Å². The summed E-state index contributed by atoms with van der Waals surface area (Å²) in [7, 11) is 0. The SMILES string of the molecule is CC1CN(c2n[nH]c(-c3ccc(C#N)cn3)n2)CC(C)N1. The molecule has 1 fully saturated rings. The molecule has 108 valence electrons. The third kappa shape index (κ3) is 2.85. The number of anilines is 1. The Morgan fingerprint density at radius 2 is 2.05 bits per heavy atom. The number of nitriles is 1. The van der Waals surface area contributed by atoms with E-state index >= 15 is 0 Å². The van der Waals surface area contributed by atoms with E-state index in [4.69, 9.17) is 5.26 Å². The predicted molar refractivity (Wildman–Crippen MR) is 78.6 cm³/mol. The van der Waals surface area contributed by atoms with Crippen LogP contribution in [-0.2, 0) is 0 Å². The lowest BCUT2D eigenvalue weighted by Gasteiger charge is -2.35. The Hall–Kier alpha value is -2.46. The molecule has 7 heteroatoms. The van der Waals surface area contributed by atoms with Gasteiger partial charge in [-0.25, -0.2) is 0 Å². The molecule has 1 saturated heterocycles. The summed E-state index contributed by atoms with van der Waals surface area (Å²) < 4.78 is 0. The first kappa shape index (κ1) is 13.5. The van der Waals surface area contributed by atoms with E-state index in [0.29, 0.717) is 35.1 Å². The predicted octanol–water partition coefficient (Wildman–Crippen LogP) is 0.925. The number of aromatic nitrogens is 4. The van der Waals surface area contributed by atoms with Gasteiger partial charge in [-0.1, -0.05) is 0 Å². The minimum absolute atomic E-state index is 0.406. The molecule has 7 nitrogen and oxygen atoms in total. The summed E-state index contributed by atoms with van der Waals surface area (Å²) in [6, 6.07) is 6.35. The monoisotopic (exact) mass is 283 g/mol. The van der Waals surface area contributed by atoms with Crippen molar-refractivity contribution in [1.82, 2.24) is 25.5 Å². The van der Waals surface area contributed by atoms with Crippen LogP contribution in [0.15, 0.2) is 18.3 Å². The highest BCUT2D eigenvalue weighted by molar-refractivity contribution is 5.52. The van der Waals surface area contributed by atoms with Gasteiger partial charge in [0.2, 0.25) is 5.95 Å². The van der Waals surface area contributed by atoms with Gasteiger partial charge in [0.05, 0.1) is 5.56 Å². The highest BCUT2D eigenvalue weighted by atomic mass is 15.4. The summed E-state index contributed by atoms with van der Waals surface area (Å²) in [4.78, 5) is 10.9. The summed E-state index contributed by atoms with van der Waals surface area (Å²) in [5.41, 5.74) is 1.22. The second kappa shape index (κ2) is 5.50. The maximum absolute atomic E-state index is 8.78. The number of rotatable bonds is 2. The van der Waals surface area contributed by atoms with Crippen molar-refractivity contribution in [3.63, 3.8) is 0 Å². The third-order valence-electron chi connectivity index (χ3n) is 3.45. The zero-order valence-electron chi connectivity index (χ0n) is 12.0. The molecule has 2 aromatic heterocycles. The first-order valence-electron chi connectivity index (χ1n) is 6.95. The molecule has 2 unspecified atom stereocenters. The van der Waals surface area contributed by atoms with E-state index in [0.717, 1.165) is 13.1 Å². The lowest BCUT2D eigenvalue weighted by atomic mass is 10.1. The van der Waals surface area contributed by atoms with Crippen LogP contribution in [0.3, 0.4) is 0 Å². The highest BCUT2D eigenvalue weighted by Gasteiger charge is 2.23. The normalized spacial score (nSPS) is 22.0. The molecule has 1 aliphatic rings. The average Bonchev–Trinajstić information content (AvgIpc) is 2.96. The molecule has 0 radical (unpaired) electrons. The summed E-state index contributed by atoms with van der Waals surface area (Å²) in [6.07, 6.45) is 1.53. The largest absolute Gasteiger partial charge is 0.336 e. The quantitative estimate of drug-likeness (QED) is 0.851. The molecule has 1 aliphatic heterocycles. The van der Waals surface area contributed by atoms with Gasteiger partial charge in [0.15, 0.2) is 5.82 Å². The van der Waals surface area contributed by atoms with Crippen molar-refractivity contribution in [2.75, 3.05) is 18.0 Å². The molecule has 0 bridgehead atoms. The van der Waals surface area contributed by atoms with Crippen LogP contribution in [0.4, 0.5) is 5.95 Å². The van der Waals surface area contributed by atoms with Crippen LogP contribution < -0.4 is 10.2 Å². The molecule has 0 amide bonds. The van der Waals surface area contributed by atoms with Crippen molar-refractivity contribution in [1.29, 1.82) is 5.26 Å². The van der Waals surface area contributed by atoms with Crippen LogP contribution in [0.1, 0.15) is 19.4 Å². The van der Waals surface area contributed by atoms with Gasteiger partial charge in [0, 0.05) is 31.4 Å². The van der Waals surface area contributed by atoms with Gasteiger partial charge >= 0.3 is 0 Å². The maximum Gasteiger partial charge on any atom is 0.245 e. The van der Waals surface area contributed by atoms with Gasteiger partial charge in [-0.3, -0.25) is 10.1 Å². The zero-order chi connectivity index (χ0) is 14.8. The van der Waals surface area contributed by atoms with E-state index in [9.17, 15) is 0 Å². The van der Waals surface area contributed by atoms with Crippen LogP contribution in [0.5, 0.6) is 0 Å².